The predicted octanol–water partition coefficient (Wildman–Crippen LogP) is 1.87. The van der Waals surface area contributed by atoms with Crippen molar-refractivity contribution >= 4 is 33.4 Å². The van der Waals surface area contributed by atoms with E-state index in [4.69, 9.17) is 5.73 Å². The zero-order valence-corrected chi connectivity index (χ0v) is 13.8. The molecule has 3 N–H and O–H groups in total. The van der Waals surface area contributed by atoms with Crippen molar-refractivity contribution in [3.63, 3.8) is 0 Å². The lowest BCUT2D eigenvalue weighted by Crippen LogP contribution is -2.25. The van der Waals surface area contributed by atoms with Crippen LogP contribution in [0.2, 0.25) is 0 Å². The summed E-state index contributed by atoms with van der Waals surface area (Å²) in [7, 11) is 0. The number of aromatic nitrogens is 2. The Morgan fingerprint density at radius 3 is 2.64 bits per heavy atom. The minimum absolute atomic E-state index is 0.137. The average Bonchev–Trinajstić information content (AvgIpc) is 2.80. The molecule has 0 radical (unpaired) electrons. The second-order valence-corrected chi connectivity index (χ2v) is 6.14. The first-order chi connectivity index (χ1) is 10.4. The maximum absolute atomic E-state index is 12.3. The minimum Gasteiger partial charge on any atom is -0.370 e. The lowest BCUT2D eigenvalue weighted by atomic mass is 10.1. The molecular formula is C15H20N4O2S. The van der Waals surface area contributed by atoms with Crippen LogP contribution in [0, 0.1) is 13.8 Å². The Bertz CT molecular complexity index is 724. The van der Waals surface area contributed by atoms with Gasteiger partial charge in [-0.1, -0.05) is 6.92 Å². The Morgan fingerprint density at radius 2 is 2.00 bits per heavy atom. The third-order valence-corrected chi connectivity index (χ3v) is 4.61. The number of hydrogen-bond acceptors (Lipinski definition) is 5. The topological polar surface area (TPSA) is 98.0 Å². The first kappa shape index (κ1) is 16.4. The Morgan fingerprint density at radius 1 is 1.27 bits per heavy atom. The highest BCUT2D eigenvalue weighted by Gasteiger charge is 2.18. The van der Waals surface area contributed by atoms with Gasteiger partial charge in [-0.05, 0) is 25.8 Å². The van der Waals surface area contributed by atoms with Crippen molar-refractivity contribution in [2.24, 2.45) is 5.73 Å². The first-order valence-corrected chi connectivity index (χ1v) is 8.08. The summed E-state index contributed by atoms with van der Waals surface area (Å²) in [5.74, 6) is 0.298. The van der Waals surface area contributed by atoms with Crippen LogP contribution in [0.25, 0.3) is 10.2 Å². The fourth-order valence-electron chi connectivity index (χ4n) is 2.31. The third kappa shape index (κ3) is 3.41. The van der Waals surface area contributed by atoms with E-state index >= 15 is 0 Å². The van der Waals surface area contributed by atoms with E-state index in [1.54, 1.807) is 0 Å². The normalized spacial score (nSPS) is 10.9. The number of primary amides is 1. The Labute approximate surface area is 133 Å². The van der Waals surface area contributed by atoms with Crippen LogP contribution in [0.4, 0.5) is 0 Å². The molecular weight excluding hydrogens is 300 g/mol. The highest BCUT2D eigenvalue weighted by Crippen LogP contribution is 2.31. The number of nitrogens with zero attached hydrogens (tertiary/aromatic N) is 2. The van der Waals surface area contributed by atoms with E-state index in [0.717, 1.165) is 33.7 Å². The second-order valence-electron chi connectivity index (χ2n) is 5.14. The fraction of sp³-hybridized carbons (Fsp3) is 0.467. The van der Waals surface area contributed by atoms with Gasteiger partial charge in [0.15, 0.2) is 0 Å². The lowest BCUT2D eigenvalue weighted by Gasteiger charge is -2.03. The zero-order valence-electron chi connectivity index (χ0n) is 13.0. The van der Waals surface area contributed by atoms with Gasteiger partial charge in [0.25, 0.3) is 5.91 Å². The van der Waals surface area contributed by atoms with Crippen molar-refractivity contribution in [3.8, 4) is 0 Å². The van der Waals surface area contributed by atoms with Crippen LogP contribution in [0.15, 0.2) is 0 Å². The fourth-order valence-corrected chi connectivity index (χ4v) is 3.48. The minimum atomic E-state index is -0.356. The van der Waals surface area contributed by atoms with E-state index in [9.17, 15) is 9.59 Å². The summed E-state index contributed by atoms with van der Waals surface area (Å²) < 4.78 is 0. The number of nitrogens with one attached hydrogen (secondary N) is 1. The van der Waals surface area contributed by atoms with Crippen LogP contribution in [0.1, 0.15) is 46.5 Å². The molecule has 0 saturated heterocycles. The first-order valence-electron chi connectivity index (χ1n) is 7.27. The summed E-state index contributed by atoms with van der Waals surface area (Å²) in [6.07, 6.45) is 1.59. The van der Waals surface area contributed by atoms with Gasteiger partial charge in [-0.25, -0.2) is 9.97 Å². The van der Waals surface area contributed by atoms with Crippen molar-refractivity contribution in [1.82, 2.24) is 15.3 Å². The van der Waals surface area contributed by atoms with Gasteiger partial charge in [0, 0.05) is 30.5 Å². The maximum Gasteiger partial charge on any atom is 0.261 e. The molecule has 7 heteroatoms. The molecule has 2 heterocycles. The lowest BCUT2D eigenvalue weighted by molar-refractivity contribution is -0.118. The molecule has 0 aromatic carbocycles. The molecule has 2 amide bonds. The number of aryl methyl sites for hydroxylation is 3. The van der Waals surface area contributed by atoms with E-state index in [2.05, 4.69) is 15.3 Å². The monoisotopic (exact) mass is 320 g/mol. The SMILES string of the molecule is CCc1nc(C)c2c(C)c(C(=O)NCCCC(N)=O)sc2n1. The second kappa shape index (κ2) is 6.83. The van der Waals surface area contributed by atoms with Crippen LogP contribution in [-0.2, 0) is 11.2 Å². The summed E-state index contributed by atoms with van der Waals surface area (Å²) in [6.45, 7) is 6.30. The number of rotatable bonds is 6. The van der Waals surface area contributed by atoms with Gasteiger partial charge in [-0.3, -0.25) is 9.59 Å². The smallest absolute Gasteiger partial charge is 0.261 e. The highest BCUT2D eigenvalue weighted by atomic mass is 32.1. The number of fused-ring (bicyclic) bond motifs is 1. The number of hydrogen-bond donors (Lipinski definition) is 2. The molecule has 0 aliphatic rings. The Hall–Kier alpha value is -2.02. The number of nitrogens with two attached hydrogens (primary N) is 1. The van der Waals surface area contributed by atoms with Crippen molar-refractivity contribution in [1.29, 1.82) is 0 Å². The molecule has 118 valence electrons. The van der Waals surface area contributed by atoms with Crippen LogP contribution >= 0.6 is 11.3 Å². The van der Waals surface area contributed by atoms with Gasteiger partial charge in [-0.2, -0.15) is 0 Å². The summed E-state index contributed by atoms with van der Waals surface area (Å²) in [6, 6.07) is 0. The molecule has 2 aromatic heterocycles. The number of carbonyl (C=O) groups is 2. The van der Waals surface area contributed by atoms with Crippen LogP contribution < -0.4 is 11.1 Å². The van der Waals surface area contributed by atoms with Gasteiger partial charge in [0.05, 0.1) is 4.88 Å². The zero-order chi connectivity index (χ0) is 16.3. The summed E-state index contributed by atoms with van der Waals surface area (Å²) >= 11 is 1.39. The molecule has 0 aliphatic carbocycles. The number of carbonyl (C=O) groups excluding carboxylic acids is 2. The molecule has 6 nitrogen and oxygen atoms in total. The van der Waals surface area contributed by atoms with E-state index < -0.39 is 0 Å². The Kier molecular flexibility index (Phi) is 5.07. The molecule has 2 aromatic rings. The Balaban J connectivity index is 2.21. The van der Waals surface area contributed by atoms with Crippen molar-refractivity contribution in [3.05, 3.63) is 22.0 Å². The number of thiophene rings is 1. The quantitative estimate of drug-likeness (QED) is 0.794. The molecule has 0 unspecified atom stereocenters. The van der Waals surface area contributed by atoms with Crippen molar-refractivity contribution < 1.29 is 9.59 Å². The maximum atomic E-state index is 12.3. The largest absolute Gasteiger partial charge is 0.370 e. The van der Waals surface area contributed by atoms with Gasteiger partial charge in [0.1, 0.15) is 10.7 Å². The van der Waals surface area contributed by atoms with Crippen LogP contribution in [0.5, 0.6) is 0 Å². The van der Waals surface area contributed by atoms with Gasteiger partial charge in [0.2, 0.25) is 5.91 Å². The molecule has 0 fully saturated rings. The average molecular weight is 320 g/mol. The summed E-state index contributed by atoms with van der Waals surface area (Å²) in [5, 5.41) is 3.78. The molecule has 0 aliphatic heterocycles. The van der Waals surface area contributed by atoms with Gasteiger partial charge < -0.3 is 11.1 Å². The van der Waals surface area contributed by atoms with E-state index in [0.29, 0.717) is 17.8 Å². The standard InChI is InChI=1S/C15H20N4O2S/c1-4-11-18-9(3)12-8(2)13(22-15(12)19-11)14(21)17-7-5-6-10(16)20/h4-7H2,1-3H3,(H2,16,20)(H,17,21). The van der Waals surface area contributed by atoms with E-state index in [1.807, 2.05) is 20.8 Å². The number of amides is 2. The van der Waals surface area contributed by atoms with E-state index in [-0.39, 0.29) is 18.2 Å². The van der Waals surface area contributed by atoms with E-state index in [1.165, 1.54) is 11.3 Å². The molecule has 0 saturated carbocycles. The van der Waals surface area contributed by atoms with Crippen molar-refractivity contribution in [2.45, 2.75) is 40.0 Å². The molecule has 22 heavy (non-hydrogen) atoms. The molecule has 0 spiro atoms. The third-order valence-electron chi connectivity index (χ3n) is 3.43. The summed E-state index contributed by atoms with van der Waals surface area (Å²) in [4.78, 5) is 33.4. The molecule has 0 bridgehead atoms. The van der Waals surface area contributed by atoms with Crippen molar-refractivity contribution in [2.75, 3.05) is 6.54 Å². The van der Waals surface area contributed by atoms with Gasteiger partial charge >= 0.3 is 0 Å². The van der Waals surface area contributed by atoms with Gasteiger partial charge in [-0.15, -0.1) is 11.3 Å². The molecule has 2 rings (SSSR count). The van der Waals surface area contributed by atoms with Crippen LogP contribution in [-0.4, -0.2) is 28.3 Å². The predicted molar refractivity (Wildman–Crippen MR) is 87.0 cm³/mol. The molecule has 0 atom stereocenters. The van der Waals surface area contributed by atoms with Crippen LogP contribution in [0.3, 0.4) is 0 Å². The summed E-state index contributed by atoms with van der Waals surface area (Å²) in [5.41, 5.74) is 6.89. The highest BCUT2D eigenvalue weighted by molar-refractivity contribution is 7.20.